The minimum Gasteiger partial charge on any atom is -0.497 e. The first kappa shape index (κ1) is 20.3. The molecular formula is C19H22N2O5S2. The van der Waals surface area contributed by atoms with Gasteiger partial charge in [-0.25, -0.2) is 8.42 Å². The lowest BCUT2D eigenvalue weighted by Gasteiger charge is -2.21. The maximum Gasteiger partial charge on any atom is 0.261 e. The van der Waals surface area contributed by atoms with Gasteiger partial charge in [-0.2, -0.15) is 0 Å². The van der Waals surface area contributed by atoms with Crippen LogP contribution >= 0.6 is 11.8 Å². The van der Waals surface area contributed by atoms with Gasteiger partial charge in [0.2, 0.25) is 5.91 Å². The van der Waals surface area contributed by atoms with Gasteiger partial charge in [-0.3, -0.25) is 9.52 Å². The molecule has 1 N–H and O–H groups in total. The summed E-state index contributed by atoms with van der Waals surface area (Å²) in [5.74, 6) is 1.71. The van der Waals surface area contributed by atoms with E-state index in [1.54, 1.807) is 53.1 Å². The molecule has 0 saturated heterocycles. The highest BCUT2D eigenvalue weighted by Crippen LogP contribution is 2.36. The molecule has 0 bridgehead atoms. The summed E-state index contributed by atoms with van der Waals surface area (Å²) in [5, 5.41) is 0. The maximum absolute atomic E-state index is 12.9. The van der Waals surface area contributed by atoms with E-state index in [4.69, 9.17) is 9.47 Å². The lowest BCUT2D eigenvalue weighted by molar-refractivity contribution is -0.116. The molecule has 1 heterocycles. The molecule has 0 unspecified atom stereocenters. The average Bonchev–Trinajstić information content (AvgIpc) is 2.89. The molecule has 1 aliphatic rings. The van der Waals surface area contributed by atoms with Crippen molar-refractivity contribution in [1.82, 2.24) is 0 Å². The molecule has 28 heavy (non-hydrogen) atoms. The van der Waals surface area contributed by atoms with Gasteiger partial charge in [-0.1, -0.05) is 0 Å². The Hall–Kier alpha value is -2.39. The molecule has 2 aromatic carbocycles. The highest BCUT2D eigenvalue weighted by molar-refractivity contribution is 7.99. The van der Waals surface area contributed by atoms with Gasteiger partial charge < -0.3 is 14.4 Å². The third kappa shape index (κ3) is 4.36. The van der Waals surface area contributed by atoms with Crippen LogP contribution in [0.1, 0.15) is 13.3 Å². The fraction of sp³-hybridized carbons (Fsp3) is 0.316. The molecule has 0 radical (unpaired) electrons. The molecule has 1 aliphatic heterocycles. The quantitative estimate of drug-likeness (QED) is 0.795. The Morgan fingerprint density at radius 3 is 2.39 bits per heavy atom. The number of rotatable bonds is 5. The third-order valence-electron chi connectivity index (χ3n) is 4.30. The molecule has 0 saturated carbocycles. The first-order valence-electron chi connectivity index (χ1n) is 8.65. The molecular weight excluding hydrogens is 400 g/mol. The molecule has 0 atom stereocenters. The summed E-state index contributed by atoms with van der Waals surface area (Å²) in [5.41, 5.74) is 0.949. The van der Waals surface area contributed by atoms with Crippen LogP contribution in [0.15, 0.2) is 46.2 Å². The predicted octanol–water partition coefficient (Wildman–Crippen LogP) is 3.35. The number of carbonyl (C=O) groups excluding carboxylic acids is 1. The zero-order chi connectivity index (χ0) is 20.3. The third-order valence-corrected chi connectivity index (χ3v) is 6.83. The van der Waals surface area contributed by atoms with Crippen LogP contribution < -0.4 is 19.1 Å². The highest BCUT2D eigenvalue weighted by atomic mass is 32.2. The van der Waals surface area contributed by atoms with Crippen LogP contribution in [0.5, 0.6) is 11.5 Å². The van der Waals surface area contributed by atoms with E-state index in [1.165, 1.54) is 21.1 Å². The van der Waals surface area contributed by atoms with E-state index >= 15 is 0 Å². The Bertz CT molecular complexity index is 970. The van der Waals surface area contributed by atoms with Gasteiger partial charge in [0.25, 0.3) is 10.0 Å². The van der Waals surface area contributed by atoms with Gasteiger partial charge in [-0.05, 0) is 30.4 Å². The minimum absolute atomic E-state index is 0.0850. The van der Waals surface area contributed by atoms with Crippen molar-refractivity contribution >= 4 is 39.1 Å². The van der Waals surface area contributed by atoms with Crippen LogP contribution in [-0.4, -0.2) is 40.8 Å². The second-order valence-electron chi connectivity index (χ2n) is 6.21. The molecule has 150 valence electrons. The van der Waals surface area contributed by atoms with Crippen molar-refractivity contribution < 1.29 is 22.7 Å². The Morgan fingerprint density at radius 2 is 1.79 bits per heavy atom. The van der Waals surface area contributed by atoms with Crippen molar-refractivity contribution in [3.8, 4) is 11.5 Å². The fourth-order valence-electron chi connectivity index (χ4n) is 2.93. The number of thioether (sulfide) groups is 1. The van der Waals surface area contributed by atoms with Crippen molar-refractivity contribution in [2.75, 3.05) is 36.1 Å². The van der Waals surface area contributed by atoms with E-state index in [9.17, 15) is 13.2 Å². The van der Waals surface area contributed by atoms with E-state index in [0.29, 0.717) is 29.4 Å². The van der Waals surface area contributed by atoms with E-state index in [-0.39, 0.29) is 10.8 Å². The van der Waals surface area contributed by atoms with Crippen LogP contribution in [0.25, 0.3) is 0 Å². The van der Waals surface area contributed by atoms with Crippen molar-refractivity contribution in [1.29, 1.82) is 0 Å². The van der Waals surface area contributed by atoms with Crippen molar-refractivity contribution in [3.05, 3.63) is 36.4 Å². The van der Waals surface area contributed by atoms with Crippen LogP contribution in [0.2, 0.25) is 0 Å². The van der Waals surface area contributed by atoms with Crippen LogP contribution in [-0.2, 0) is 14.8 Å². The van der Waals surface area contributed by atoms with Gasteiger partial charge in [0.05, 0.1) is 30.5 Å². The largest absolute Gasteiger partial charge is 0.497 e. The number of sulfonamides is 1. The summed E-state index contributed by atoms with van der Waals surface area (Å²) < 4.78 is 38.8. The first-order valence-corrected chi connectivity index (χ1v) is 11.1. The average molecular weight is 423 g/mol. The standard InChI is InChI=1S/C19H22N2O5S2/c1-13(22)21-7-4-8-27-19-6-5-17(12-18(19)21)28(23,24)20-14-9-15(25-2)11-16(10-14)26-3/h5-6,9-12,20H,4,7-8H2,1-3H3. The van der Waals surface area contributed by atoms with Gasteiger partial charge in [0.15, 0.2) is 0 Å². The number of carbonyl (C=O) groups is 1. The van der Waals surface area contributed by atoms with Gasteiger partial charge in [0, 0.05) is 36.6 Å². The Morgan fingerprint density at radius 1 is 1.11 bits per heavy atom. The number of hydrogen-bond donors (Lipinski definition) is 1. The van der Waals surface area contributed by atoms with Crippen LogP contribution in [0.4, 0.5) is 11.4 Å². The summed E-state index contributed by atoms with van der Waals surface area (Å²) in [6, 6.07) is 9.65. The topological polar surface area (TPSA) is 84.9 Å². The number of nitrogens with zero attached hydrogens (tertiary/aromatic N) is 1. The van der Waals surface area contributed by atoms with Crippen LogP contribution in [0.3, 0.4) is 0 Å². The van der Waals surface area contributed by atoms with Gasteiger partial charge >= 0.3 is 0 Å². The first-order chi connectivity index (χ1) is 13.3. The summed E-state index contributed by atoms with van der Waals surface area (Å²) in [4.78, 5) is 14.6. The molecule has 1 amide bonds. The Labute approximate surface area is 169 Å². The number of ether oxygens (including phenoxy) is 2. The number of anilines is 2. The maximum atomic E-state index is 12.9. The lowest BCUT2D eigenvalue weighted by atomic mass is 10.2. The van der Waals surface area contributed by atoms with Gasteiger partial charge in [-0.15, -0.1) is 11.8 Å². The van der Waals surface area contributed by atoms with E-state index in [2.05, 4.69) is 4.72 Å². The molecule has 0 aliphatic carbocycles. The summed E-state index contributed by atoms with van der Waals surface area (Å²) in [6.45, 7) is 2.06. The number of amides is 1. The molecule has 3 rings (SSSR count). The number of fused-ring (bicyclic) bond motifs is 1. The Kier molecular flexibility index (Phi) is 6.04. The van der Waals surface area contributed by atoms with Crippen LogP contribution in [0, 0.1) is 0 Å². The summed E-state index contributed by atoms with van der Waals surface area (Å²) >= 11 is 1.62. The lowest BCUT2D eigenvalue weighted by Crippen LogP contribution is -2.29. The monoisotopic (exact) mass is 422 g/mol. The molecule has 0 fully saturated rings. The van der Waals surface area contributed by atoms with E-state index < -0.39 is 10.0 Å². The number of hydrogen-bond acceptors (Lipinski definition) is 6. The summed E-state index contributed by atoms with van der Waals surface area (Å²) in [7, 11) is -0.879. The molecule has 7 nitrogen and oxygen atoms in total. The number of nitrogens with one attached hydrogen (secondary N) is 1. The SMILES string of the molecule is COc1cc(NS(=O)(=O)c2ccc3c(c2)N(C(C)=O)CCCS3)cc(OC)c1. The number of methoxy groups -OCH3 is 2. The molecule has 0 spiro atoms. The van der Waals surface area contributed by atoms with E-state index in [1.807, 2.05) is 0 Å². The molecule has 0 aromatic heterocycles. The van der Waals surface area contributed by atoms with Crippen molar-refractivity contribution in [3.63, 3.8) is 0 Å². The van der Waals surface area contributed by atoms with Crippen molar-refractivity contribution in [2.45, 2.75) is 23.1 Å². The minimum atomic E-state index is -3.87. The van der Waals surface area contributed by atoms with Crippen molar-refractivity contribution in [2.24, 2.45) is 0 Å². The Balaban J connectivity index is 1.98. The summed E-state index contributed by atoms with van der Waals surface area (Å²) in [6.07, 6.45) is 0.850. The van der Waals surface area contributed by atoms with E-state index in [0.717, 1.165) is 17.1 Å². The second-order valence-corrected chi connectivity index (χ2v) is 9.03. The second kappa shape index (κ2) is 8.32. The molecule has 9 heteroatoms. The zero-order valence-electron chi connectivity index (χ0n) is 15.9. The fourth-order valence-corrected chi connectivity index (χ4v) is 4.96. The molecule has 2 aromatic rings. The van der Waals surface area contributed by atoms with Gasteiger partial charge in [0.1, 0.15) is 11.5 Å². The number of benzene rings is 2. The zero-order valence-corrected chi connectivity index (χ0v) is 17.5. The predicted molar refractivity (Wildman–Crippen MR) is 110 cm³/mol. The normalized spacial score (nSPS) is 14.0. The highest BCUT2D eigenvalue weighted by Gasteiger charge is 2.23. The smallest absolute Gasteiger partial charge is 0.261 e.